The number of piperidine rings is 2. The molecule has 2 fully saturated rings. The molecule has 1 aromatic carbocycles. The Hall–Kier alpha value is -2.08. The van der Waals surface area contributed by atoms with E-state index in [0.717, 1.165) is 62.8 Å². The van der Waals surface area contributed by atoms with Crippen LogP contribution in [0.25, 0.3) is 11.0 Å². The third-order valence-corrected chi connectivity index (χ3v) is 5.37. The van der Waals surface area contributed by atoms with Crippen molar-refractivity contribution in [3.63, 3.8) is 0 Å². The van der Waals surface area contributed by atoms with Gasteiger partial charge in [0.1, 0.15) is 0 Å². The van der Waals surface area contributed by atoms with Gasteiger partial charge in [-0.3, -0.25) is 9.36 Å². The molecule has 1 aromatic heterocycles. The molecule has 6 nitrogen and oxygen atoms in total. The van der Waals surface area contributed by atoms with Crippen LogP contribution >= 0.6 is 0 Å². The van der Waals surface area contributed by atoms with E-state index >= 15 is 0 Å². The number of carbonyl (C=O) groups excluding carboxylic acids is 1. The summed E-state index contributed by atoms with van der Waals surface area (Å²) in [6.45, 7) is 2.40. The highest BCUT2D eigenvalue weighted by Gasteiger charge is 2.30. The van der Waals surface area contributed by atoms with Crippen molar-refractivity contribution in [2.75, 3.05) is 19.6 Å². The zero-order valence-corrected chi connectivity index (χ0v) is 13.8. The molecule has 2 aromatic rings. The average Bonchev–Trinajstić information content (AvgIpc) is 2.98. The quantitative estimate of drug-likeness (QED) is 0.880. The minimum atomic E-state index is -0.0464. The van der Waals surface area contributed by atoms with Crippen LogP contribution in [-0.4, -0.2) is 46.0 Å². The smallest absolute Gasteiger partial charge is 0.326 e. The van der Waals surface area contributed by atoms with Gasteiger partial charge in [0, 0.05) is 19.1 Å². The predicted molar refractivity (Wildman–Crippen MR) is 93.1 cm³/mol. The number of H-pyrrole nitrogens is 1. The Morgan fingerprint density at radius 2 is 1.88 bits per heavy atom. The summed E-state index contributed by atoms with van der Waals surface area (Å²) in [4.78, 5) is 29.8. The van der Waals surface area contributed by atoms with E-state index in [1.165, 1.54) is 0 Å². The number of carbonyl (C=O) groups is 1. The standard InChI is InChI=1S/C18H24N4O2/c23-17(15-6-3-4-10-19-15)21-11-8-13(9-12-21)22-16-7-2-1-5-14(16)20-18(22)24/h1-2,5,7,13,15,19H,3-4,6,8-12H2,(H,20,24). The molecule has 3 heterocycles. The molecule has 2 aliphatic rings. The van der Waals surface area contributed by atoms with E-state index in [-0.39, 0.29) is 23.7 Å². The first-order valence-corrected chi connectivity index (χ1v) is 8.95. The molecule has 2 N–H and O–H groups in total. The first-order valence-electron chi connectivity index (χ1n) is 8.95. The number of nitrogens with one attached hydrogen (secondary N) is 2. The number of benzene rings is 1. The van der Waals surface area contributed by atoms with Crippen LogP contribution in [0.1, 0.15) is 38.1 Å². The van der Waals surface area contributed by atoms with E-state index in [4.69, 9.17) is 0 Å². The highest BCUT2D eigenvalue weighted by Crippen LogP contribution is 2.25. The fraction of sp³-hybridized carbons (Fsp3) is 0.556. The van der Waals surface area contributed by atoms with Gasteiger partial charge in [-0.05, 0) is 44.4 Å². The second-order valence-corrected chi connectivity index (χ2v) is 6.88. The summed E-state index contributed by atoms with van der Waals surface area (Å²) in [7, 11) is 0. The lowest BCUT2D eigenvalue weighted by Gasteiger charge is -2.35. The molecule has 0 aliphatic carbocycles. The number of hydrogen-bond acceptors (Lipinski definition) is 3. The van der Waals surface area contributed by atoms with Gasteiger partial charge >= 0.3 is 5.69 Å². The van der Waals surface area contributed by atoms with Crippen LogP contribution in [0.4, 0.5) is 0 Å². The van der Waals surface area contributed by atoms with Crippen LogP contribution in [0.2, 0.25) is 0 Å². The van der Waals surface area contributed by atoms with Gasteiger partial charge in [0.15, 0.2) is 0 Å². The summed E-state index contributed by atoms with van der Waals surface area (Å²) in [5.41, 5.74) is 1.79. The van der Waals surface area contributed by atoms with E-state index in [1.54, 1.807) is 0 Å². The summed E-state index contributed by atoms with van der Waals surface area (Å²) >= 11 is 0. The van der Waals surface area contributed by atoms with E-state index < -0.39 is 0 Å². The number of fused-ring (bicyclic) bond motifs is 1. The molecule has 2 aliphatic heterocycles. The van der Waals surface area contributed by atoms with Crippen LogP contribution < -0.4 is 11.0 Å². The van der Waals surface area contributed by atoms with Crippen LogP contribution in [0.5, 0.6) is 0 Å². The molecule has 0 spiro atoms. The number of para-hydroxylation sites is 2. The Balaban J connectivity index is 1.46. The Bertz CT molecular complexity index is 780. The average molecular weight is 328 g/mol. The van der Waals surface area contributed by atoms with Crippen molar-refractivity contribution >= 4 is 16.9 Å². The molecular formula is C18H24N4O2. The highest BCUT2D eigenvalue weighted by molar-refractivity contribution is 5.82. The minimum Gasteiger partial charge on any atom is -0.341 e. The van der Waals surface area contributed by atoms with Crippen LogP contribution in [0.3, 0.4) is 0 Å². The number of nitrogens with zero attached hydrogens (tertiary/aromatic N) is 2. The topological polar surface area (TPSA) is 70.1 Å². The molecule has 0 radical (unpaired) electrons. The van der Waals surface area contributed by atoms with Crippen LogP contribution in [0.15, 0.2) is 29.1 Å². The molecular weight excluding hydrogens is 304 g/mol. The number of likely N-dealkylation sites (tertiary alicyclic amines) is 1. The zero-order valence-electron chi connectivity index (χ0n) is 13.8. The van der Waals surface area contributed by atoms with Crippen molar-refractivity contribution in [1.82, 2.24) is 19.8 Å². The molecule has 0 bridgehead atoms. The monoisotopic (exact) mass is 328 g/mol. The first kappa shape index (κ1) is 15.4. The maximum absolute atomic E-state index is 12.6. The molecule has 24 heavy (non-hydrogen) atoms. The lowest BCUT2D eigenvalue weighted by Crippen LogP contribution is -2.51. The molecule has 0 saturated carbocycles. The van der Waals surface area contributed by atoms with Gasteiger partial charge in [0.2, 0.25) is 5.91 Å². The molecule has 1 unspecified atom stereocenters. The molecule has 2 saturated heterocycles. The third kappa shape index (κ3) is 2.75. The number of imidazole rings is 1. The SMILES string of the molecule is O=C(C1CCCCN1)N1CCC(n2c(=O)[nH]c3ccccc32)CC1. The Morgan fingerprint density at radius 3 is 2.62 bits per heavy atom. The molecule has 6 heteroatoms. The molecule has 1 amide bonds. The number of aromatic nitrogens is 2. The second kappa shape index (κ2) is 6.43. The van der Waals surface area contributed by atoms with Gasteiger partial charge in [-0.15, -0.1) is 0 Å². The lowest BCUT2D eigenvalue weighted by atomic mass is 10.00. The summed E-state index contributed by atoms with van der Waals surface area (Å²) in [5, 5.41) is 3.34. The first-order chi connectivity index (χ1) is 11.7. The lowest BCUT2D eigenvalue weighted by molar-refractivity contribution is -0.135. The van der Waals surface area contributed by atoms with Crippen molar-refractivity contribution < 1.29 is 4.79 Å². The number of rotatable bonds is 2. The molecule has 128 valence electrons. The zero-order chi connectivity index (χ0) is 16.5. The van der Waals surface area contributed by atoms with Gasteiger partial charge in [-0.2, -0.15) is 0 Å². The maximum atomic E-state index is 12.6. The van der Waals surface area contributed by atoms with Crippen molar-refractivity contribution in [1.29, 1.82) is 0 Å². The van der Waals surface area contributed by atoms with Crippen molar-refractivity contribution in [2.24, 2.45) is 0 Å². The second-order valence-electron chi connectivity index (χ2n) is 6.88. The van der Waals surface area contributed by atoms with Gasteiger partial charge < -0.3 is 15.2 Å². The highest BCUT2D eigenvalue weighted by atomic mass is 16.2. The van der Waals surface area contributed by atoms with Crippen molar-refractivity contribution in [3.05, 3.63) is 34.7 Å². The summed E-state index contributed by atoms with van der Waals surface area (Å²) in [6, 6.07) is 7.96. The number of aromatic amines is 1. The summed E-state index contributed by atoms with van der Waals surface area (Å²) in [6.07, 6.45) is 4.90. The Kier molecular flexibility index (Phi) is 4.14. The Morgan fingerprint density at radius 1 is 1.08 bits per heavy atom. The van der Waals surface area contributed by atoms with Crippen molar-refractivity contribution in [3.8, 4) is 0 Å². The van der Waals surface area contributed by atoms with Gasteiger partial charge in [-0.1, -0.05) is 18.6 Å². The van der Waals surface area contributed by atoms with E-state index in [9.17, 15) is 9.59 Å². The summed E-state index contributed by atoms with van der Waals surface area (Å²) < 4.78 is 1.87. The van der Waals surface area contributed by atoms with Gasteiger partial charge in [0.05, 0.1) is 17.1 Å². The van der Waals surface area contributed by atoms with Gasteiger partial charge in [0.25, 0.3) is 0 Å². The third-order valence-electron chi connectivity index (χ3n) is 5.37. The predicted octanol–water partition coefficient (Wildman–Crippen LogP) is 1.64. The fourth-order valence-corrected chi connectivity index (χ4v) is 4.06. The summed E-state index contributed by atoms with van der Waals surface area (Å²) in [5.74, 6) is 0.236. The maximum Gasteiger partial charge on any atom is 0.326 e. The molecule has 1 atom stereocenters. The van der Waals surface area contributed by atoms with E-state index in [2.05, 4.69) is 10.3 Å². The van der Waals surface area contributed by atoms with Crippen molar-refractivity contribution in [2.45, 2.75) is 44.2 Å². The van der Waals surface area contributed by atoms with E-state index in [1.807, 2.05) is 33.7 Å². The van der Waals surface area contributed by atoms with Crippen LogP contribution in [-0.2, 0) is 4.79 Å². The fourth-order valence-electron chi connectivity index (χ4n) is 4.06. The van der Waals surface area contributed by atoms with E-state index in [0.29, 0.717) is 0 Å². The molecule has 4 rings (SSSR count). The van der Waals surface area contributed by atoms with Gasteiger partial charge in [-0.25, -0.2) is 4.79 Å². The number of hydrogen-bond donors (Lipinski definition) is 2. The van der Waals surface area contributed by atoms with Crippen LogP contribution in [0, 0.1) is 0 Å². The Labute approximate surface area is 140 Å². The largest absolute Gasteiger partial charge is 0.341 e. The normalized spacial score (nSPS) is 22.8. The minimum absolute atomic E-state index is 0.00823. The number of amides is 1.